The quantitative estimate of drug-likeness (QED) is 0.0850. The standard InChI is InChI=1S/C51H41N3/c52-54(36-37-19-6-1-7-20-37)50(39-23-10-3-11-24-39)53-49-44(41-26-18-25-40(35-41)38-21-8-2-9-22-38)33-34-46-45-31-16-17-32-47(45)51(48(46)49,42-27-12-4-13-28-42)43-29-14-5-15-30-43/h1-35,50,53H,36,52H2/t50-/m1/s1. The van der Waals surface area contributed by atoms with Gasteiger partial charge in [0.25, 0.3) is 0 Å². The molecule has 54 heavy (non-hydrogen) atoms. The molecule has 0 saturated heterocycles. The van der Waals surface area contributed by atoms with Crippen LogP contribution in [0.15, 0.2) is 212 Å². The summed E-state index contributed by atoms with van der Waals surface area (Å²) >= 11 is 0. The molecule has 0 aliphatic heterocycles. The van der Waals surface area contributed by atoms with Gasteiger partial charge in [-0.3, -0.25) is 5.84 Å². The topological polar surface area (TPSA) is 41.3 Å². The molecular weight excluding hydrogens is 655 g/mol. The van der Waals surface area contributed by atoms with Crippen molar-refractivity contribution in [1.82, 2.24) is 5.01 Å². The van der Waals surface area contributed by atoms with Gasteiger partial charge in [-0.25, -0.2) is 5.01 Å². The Hall–Kier alpha value is -6.52. The van der Waals surface area contributed by atoms with Crippen molar-refractivity contribution >= 4 is 5.69 Å². The fourth-order valence-electron chi connectivity index (χ4n) is 8.44. The first-order valence-corrected chi connectivity index (χ1v) is 18.6. The number of hydrazine groups is 1. The fourth-order valence-corrected chi connectivity index (χ4v) is 8.44. The maximum atomic E-state index is 7.21. The van der Waals surface area contributed by atoms with Gasteiger partial charge in [-0.1, -0.05) is 206 Å². The van der Waals surface area contributed by atoms with Crippen LogP contribution in [0.4, 0.5) is 5.69 Å². The molecule has 3 nitrogen and oxygen atoms in total. The summed E-state index contributed by atoms with van der Waals surface area (Å²) in [6.07, 6.45) is -0.359. The molecule has 0 heterocycles. The van der Waals surface area contributed by atoms with E-state index in [1.165, 1.54) is 44.5 Å². The summed E-state index contributed by atoms with van der Waals surface area (Å²) in [5.41, 5.74) is 14.6. The van der Waals surface area contributed by atoms with E-state index in [1.54, 1.807) is 0 Å². The van der Waals surface area contributed by atoms with E-state index in [2.05, 4.69) is 212 Å². The highest BCUT2D eigenvalue weighted by Crippen LogP contribution is 2.60. The van der Waals surface area contributed by atoms with Crippen LogP contribution in [0.25, 0.3) is 33.4 Å². The maximum Gasteiger partial charge on any atom is 0.119 e. The van der Waals surface area contributed by atoms with Crippen LogP contribution in [0.3, 0.4) is 0 Å². The summed E-state index contributed by atoms with van der Waals surface area (Å²) in [5, 5.41) is 6.11. The van der Waals surface area contributed by atoms with Crippen molar-refractivity contribution in [1.29, 1.82) is 0 Å². The fraction of sp³-hybridized carbons (Fsp3) is 0.0588. The van der Waals surface area contributed by atoms with Gasteiger partial charge in [0, 0.05) is 23.4 Å². The van der Waals surface area contributed by atoms with Crippen LogP contribution in [0.5, 0.6) is 0 Å². The molecule has 8 aromatic rings. The second-order valence-corrected chi connectivity index (χ2v) is 14.0. The lowest BCUT2D eigenvalue weighted by Crippen LogP contribution is -2.39. The molecule has 1 aliphatic carbocycles. The van der Waals surface area contributed by atoms with E-state index in [4.69, 9.17) is 5.84 Å². The molecule has 1 atom stereocenters. The minimum atomic E-state index is -0.621. The largest absolute Gasteiger partial charge is 0.364 e. The Morgan fingerprint density at radius 3 is 1.65 bits per heavy atom. The molecule has 0 amide bonds. The summed E-state index contributed by atoms with van der Waals surface area (Å²) < 4.78 is 0. The van der Waals surface area contributed by atoms with Crippen molar-refractivity contribution in [2.24, 2.45) is 5.84 Å². The average molecular weight is 696 g/mol. The summed E-state index contributed by atoms with van der Waals surface area (Å²) in [5.74, 6) is 7.21. The lowest BCUT2D eigenvalue weighted by Gasteiger charge is -2.38. The molecule has 0 saturated carbocycles. The number of fused-ring (bicyclic) bond motifs is 3. The molecule has 8 aromatic carbocycles. The zero-order valence-electron chi connectivity index (χ0n) is 30.0. The minimum Gasteiger partial charge on any atom is -0.364 e. The third kappa shape index (κ3) is 5.90. The van der Waals surface area contributed by atoms with E-state index in [0.717, 1.165) is 27.9 Å². The van der Waals surface area contributed by atoms with Crippen molar-refractivity contribution in [2.45, 2.75) is 18.1 Å². The predicted octanol–water partition coefficient (Wildman–Crippen LogP) is 11.9. The first-order chi connectivity index (χ1) is 26.7. The molecule has 260 valence electrons. The molecule has 0 spiro atoms. The highest BCUT2D eigenvalue weighted by Gasteiger charge is 2.48. The molecule has 0 fully saturated rings. The van der Waals surface area contributed by atoms with E-state index in [0.29, 0.717) is 6.54 Å². The maximum absolute atomic E-state index is 7.21. The third-order valence-corrected chi connectivity index (χ3v) is 10.8. The van der Waals surface area contributed by atoms with Gasteiger partial charge in [0.1, 0.15) is 6.17 Å². The van der Waals surface area contributed by atoms with Crippen LogP contribution >= 0.6 is 0 Å². The van der Waals surface area contributed by atoms with Gasteiger partial charge in [-0.2, -0.15) is 0 Å². The van der Waals surface area contributed by atoms with Gasteiger partial charge < -0.3 is 5.32 Å². The molecule has 0 unspecified atom stereocenters. The Labute approximate surface area is 318 Å². The summed E-state index contributed by atoms with van der Waals surface area (Å²) in [4.78, 5) is 0. The molecule has 3 heteroatoms. The SMILES string of the molecule is NN(Cc1ccccc1)[C@@H](Nc1c(-c2cccc(-c3ccccc3)c2)ccc2c1C(c1ccccc1)(c1ccccc1)c1ccccc1-2)c1ccccc1. The van der Waals surface area contributed by atoms with Gasteiger partial charge in [-0.05, 0) is 61.7 Å². The van der Waals surface area contributed by atoms with Crippen LogP contribution in [0.1, 0.15) is 39.5 Å². The van der Waals surface area contributed by atoms with Crippen LogP contribution in [0, 0.1) is 0 Å². The Morgan fingerprint density at radius 1 is 0.463 bits per heavy atom. The van der Waals surface area contributed by atoms with Crippen LogP contribution < -0.4 is 11.2 Å². The number of hydrogen-bond acceptors (Lipinski definition) is 3. The molecular formula is C51H41N3. The lowest BCUT2D eigenvalue weighted by molar-refractivity contribution is 0.213. The molecule has 1 aliphatic rings. The van der Waals surface area contributed by atoms with E-state index in [-0.39, 0.29) is 6.17 Å². The Morgan fingerprint density at radius 2 is 0.981 bits per heavy atom. The Kier molecular flexibility index (Phi) is 8.94. The van der Waals surface area contributed by atoms with E-state index in [1.807, 2.05) is 11.1 Å². The second-order valence-electron chi connectivity index (χ2n) is 14.0. The van der Waals surface area contributed by atoms with Crippen molar-refractivity contribution in [3.05, 3.63) is 246 Å². The number of nitrogens with zero attached hydrogens (tertiary/aromatic N) is 1. The van der Waals surface area contributed by atoms with E-state index >= 15 is 0 Å². The van der Waals surface area contributed by atoms with Crippen molar-refractivity contribution in [2.75, 3.05) is 5.32 Å². The first kappa shape index (κ1) is 33.3. The van der Waals surface area contributed by atoms with Crippen LogP contribution in [0.2, 0.25) is 0 Å². The second kappa shape index (κ2) is 14.5. The van der Waals surface area contributed by atoms with Gasteiger partial charge in [-0.15, -0.1) is 0 Å². The van der Waals surface area contributed by atoms with E-state index < -0.39 is 5.41 Å². The third-order valence-electron chi connectivity index (χ3n) is 10.8. The number of hydrogen-bond donors (Lipinski definition) is 2. The van der Waals surface area contributed by atoms with Gasteiger partial charge >= 0.3 is 0 Å². The molecule has 3 N–H and O–H groups in total. The lowest BCUT2D eigenvalue weighted by atomic mass is 9.66. The number of rotatable bonds is 10. The monoisotopic (exact) mass is 695 g/mol. The smallest absolute Gasteiger partial charge is 0.119 e. The summed E-state index contributed by atoms with van der Waals surface area (Å²) in [6, 6.07) is 76.1. The summed E-state index contributed by atoms with van der Waals surface area (Å²) in [6.45, 7) is 0.560. The molecule has 0 bridgehead atoms. The van der Waals surface area contributed by atoms with Gasteiger partial charge in [0.2, 0.25) is 0 Å². The average Bonchev–Trinajstić information content (AvgIpc) is 3.56. The van der Waals surface area contributed by atoms with Crippen molar-refractivity contribution in [3.8, 4) is 33.4 Å². The predicted molar refractivity (Wildman–Crippen MR) is 224 cm³/mol. The molecule has 0 radical (unpaired) electrons. The zero-order valence-corrected chi connectivity index (χ0v) is 30.0. The first-order valence-electron chi connectivity index (χ1n) is 18.6. The number of nitrogens with one attached hydrogen (secondary N) is 1. The zero-order chi connectivity index (χ0) is 36.3. The minimum absolute atomic E-state index is 0.359. The number of benzene rings is 8. The van der Waals surface area contributed by atoms with Gasteiger partial charge in [0.15, 0.2) is 0 Å². The van der Waals surface area contributed by atoms with Crippen molar-refractivity contribution < 1.29 is 0 Å². The molecule has 9 rings (SSSR count). The number of nitrogens with two attached hydrogens (primary N) is 1. The Balaban J connectivity index is 1.35. The van der Waals surface area contributed by atoms with Crippen LogP contribution in [-0.4, -0.2) is 5.01 Å². The van der Waals surface area contributed by atoms with E-state index in [9.17, 15) is 0 Å². The van der Waals surface area contributed by atoms with Crippen molar-refractivity contribution in [3.63, 3.8) is 0 Å². The van der Waals surface area contributed by atoms with Crippen LogP contribution in [-0.2, 0) is 12.0 Å². The highest BCUT2D eigenvalue weighted by atomic mass is 15.5. The van der Waals surface area contributed by atoms with Gasteiger partial charge in [0.05, 0.1) is 5.41 Å². The highest BCUT2D eigenvalue weighted by molar-refractivity contribution is 5.96. The summed E-state index contributed by atoms with van der Waals surface area (Å²) in [7, 11) is 0. The number of anilines is 1. The Bertz CT molecular complexity index is 2460. The molecule has 0 aromatic heterocycles. The normalized spacial score (nSPS) is 13.2.